The van der Waals surface area contributed by atoms with Crippen LogP contribution in [0.25, 0.3) is 6.08 Å². The fourth-order valence-corrected chi connectivity index (χ4v) is 2.89. The van der Waals surface area contributed by atoms with Gasteiger partial charge in [0.05, 0.1) is 7.11 Å². The van der Waals surface area contributed by atoms with Gasteiger partial charge in [0.2, 0.25) is 0 Å². The molecule has 0 fully saturated rings. The average molecular weight is 333 g/mol. The molecule has 1 aromatic rings. The van der Waals surface area contributed by atoms with Gasteiger partial charge in [0, 0.05) is 6.61 Å². The quantitative estimate of drug-likeness (QED) is 0.327. The minimum atomic E-state index is -1.58. The van der Waals surface area contributed by atoms with E-state index in [1.54, 1.807) is 7.11 Å². The zero-order chi connectivity index (χ0) is 17.3. The SMILES string of the molecule is COc1ccc(/C=C/C=C/CCCO[Si](C)(C)C(C)(C)C)cc1. The normalized spacial score (nSPS) is 13.1. The summed E-state index contributed by atoms with van der Waals surface area (Å²) in [5.74, 6) is 0.888. The highest BCUT2D eigenvalue weighted by Gasteiger charge is 2.36. The number of benzene rings is 1. The van der Waals surface area contributed by atoms with Gasteiger partial charge >= 0.3 is 0 Å². The second-order valence-electron chi connectivity index (χ2n) is 7.31. The lowest BCUT2D eigenvalue weighted by Gasteiger charge is -2.36. The molecule has 2 nitrogen and oxygen atoms in total. The van der Waals surface area contributed by atoms with Crippen molar-refractivity contribution in [3.63, 3.8) is 0 Å². The molecule has 0 aromatic heterocycles. The van der Waals surface area contributed by atoms with E-state index < -0.39 is 8.32 Å². The van der Waals surface area contributed by atoms with Crippen LogP contribution in [0.4, 0.5) is 0 Å². The van der Waals surface area contributed by atoms with Crippen LogP contribution < -0.4 is 4.74 Å². The average Bonchev–Trinajstić information content (AvgIpc) is 2.49. The van der Waals surface area contributed by atoms with E-state index in [2.05, 4.69) is 70.3 Å². The van der Waals surface area contributed by atoms with Crippen LogP contribution in [0, 0.1) is 0 Å². The molecule has 0 spiro atoms. The highest BCUT2D eigenvalue weighted by Crippen LogP contribution is 2.36. The second-order valence-corrected chi connectivity index (χ2v) is 12.1. The second kappa shape index (κ2) is 9.09. The predicted molar refractivity (Wildman–Crippen MR) is 104 cm³/mol. The Morgan fingerprint density at radius 2 is 1.70 bits per heavy atom. The molecule has 3 heteroatoms. The van der Waals surface area contributed by atoms with Gasteiger partial charge in [-0.3, -0.25) is 0 Å². The number of hydrogen-bond donors (Lipinski definition) is 0. The minimum Gasteiger partial charge on any atom is -0.497 e. The molecular weight excluding hydrogens is 300 g/mol. The van der Waals surface area contributed by atoms with E-state index in [1.165, 1.54) is 5.56 Å². The molecule has 0 saturated carbocycles. The van der Waals surface area contributed by atoms with Gasteiger partial charge in [-0.05, 0) is 48.7 Å². The van der Waals surface area contributed by atoms with Crippen molar-refractivity contribution >= 4 is 14.4 Å². The summed E-state index contributed by atoms with van der Waals surface area (Å²) in [4.78, 5) is 0. The fourth-order valence-electron chi connectivity index (χ4n) is 1.80. The highest BCUT2D eigenvalue weighted by atomic mass is 28.4. The van der Waals surface area contributed by atoms with Gasteiger partial charge in [-0.2, -0.15) is 0 Å². The molecule has 0 atom stereocenters. The molecule has 0 amide bonds. The van der Waals surface area contributed by atoms with Crippen molar-refractivity contribution in [2.45, 2.75) is 51.7 Å². The first-order chi connectivity index (χ1) is 10.8. The van der Waals surface area contributed by atoms with Gasteiger partial charge in [-0.1, -0.05) is 57.2 Å². The molecule has 0 bridgehead atoms. The van der Waals surface area contributed by atoms with E-state index in [1.807, 2.05) is 12.1 Å². The molecular formula is C20H32O2Si. The van der Waals surface area contributed by atoms with Crippen molar-refractivity contribution in [3.05, 3.63) is 48.1 Å². The van der Waals surface area contributed by atoms with Crippen molar-refractivity contribution in [2.24, 2.45) is 0 Å². The first kappa shape index (κ1) is 19.7. The first-order valence-electron chi connectivity index (χ1n) is 8.37. The van der Waals surface area contributed by atoms with E-state index in [0.717, 1.165) is 25.2 Å². The van der Waals surface area contributed by atoms with Gasteiger partial charge in [0.1, 0.15) is 5.75 Å². The van der Waals surface area contributed by atoms with Gasteiger partial charge in [0.15, 0.2) is 8.32 Å². The van der Waals surface area contributed by atoms with E-state index in [4.69, 9.17) is 9.16 Å². The summed E-state index contributed by atoms with van der Waals surface area (Å²) in [7, 11) is 0.102. The molecule has 0 radical (unpaired) electrons. The van der Waals surface area contributed by atoms with Crippen LogP contribution in [-0.2, 0) is 4.43 Å². The van der Waals surface area contributed by atoms with E-state index in [9.17, 15) is 0 Å². The largest absolute Gasteiger partial charge is 0.497 e. The van der Waals surface area contributed by atoms with Crippen molar-refractivity contribution in [3.8, 4) is 5.75 Å². The first-order valence-corrected chi connectivity index (χ1v) is 11.3. The maximum atomic E-state index is 6.17. The lowest BCUT2D eigenvalue weighted by atomic mass is 10.2. The molecule has 1 rings (SSSR count). The lowest BCUT2D eigenvalue weighted by Crippen LogP contribution is -2.40. The predicted octanol–water partition coefficient (Wildman–Crippen LogP) is 6.07. The molecule has 0 unspecified atom stereocenters. The van der Waals surface area contributed by atoms with Crippen molar-refractivity contribution in [1.82, 2.24) is 0 Å². The molecule has 0 saturated heterocycles. The van der Waals surface area contributed by atoms with Crippen LogP contribution in [0.2, 0.25) is 18.1 Å². The third-order valence-electron chi connectivity index (χ3n) is 4.44. The van der Waals surface area contributed by atoms with Crippen LogP contribution in [0.15, 0.2) is 42.5 Å². The van der Waals surface area contributed by atoms with Gasteiger partial charge in [-0.15, -0.1) is 0 Å². The van der Waals surface area contributed by atoms with E-state index in [0.29, 0.717) is 5.04 Å². The number of rotatable bonds is 8. The number of methoxy groups -OCH3 is 1. The topological polar surface area (TPSA) is 18.5 Å². The van der Waals surface area contributed by atoms with Crippen LogP contribution in [0.5, 0.6) is 5.75 Å². The smallest absolute Gasteiger partial charge is 0.191 e. The third kappa shape index (κ3) is 7.19. The Kier molecular flexibility index (Phi) is 7.79. The Labute approximate surface area is 143 Å². The van der Waals surface area contributed by atoms with Gasteiger partial charge in [-0.25, -0.2) is 0 Å². The Morgan fingerprint density at radius 1 is 1.04 bits per heavy atom. The summed E-state index contributed by atoms with van der Waals surface area (Å²) < 4.78 is 11.3. The number of hydrogen-bond acceptors (Lipinski definition) is 2. The van der Waals surface area contributed by atoms with Crippen LogP contribution >= 0.6 is 0 Å². The summed E-state index contributed by atoms with van der Waals surface area (Å²) in [5.41, 5.74) is 1.18. The Hall–Kier alpha value is -1.32. The zero-order valence-electron chi connectivity index (χ0n) is 15.6. The summed E-state index contributed by atoms with van der Waals surface area (Å²) >= 11 is 0. The molecule has 0 aliphatic rings. The standard InChI is InChI=1S/C20H32O2Si/c1-20(2,3)23(5,6)22-17-11-9-7-8-10-12-18-13-15-19(21-4)16-14-18/h7-8,10,12-16H,9,11,17H2,1-6H3/b8-7+,12-10+. The Morgan fingerprint density at radius 3 is 2.26 bits per heavy atom. The van der Waals surface area contributed by atoms with Crippen LogP contribution in [0.1, 0.15) is 39.2 Å². The Bertz CT molecular complexity index is 507. The summed E-state index contributed by atoms with van der Waals surface area (Å²) in [6.07, 6.45) is 10.6. The van der Waals surface area contributed by atoms with Crippen molar-refractivity contribution in [1.29, 1.82) is 0 Å². The number of unbranched alkanes of at least 4 members (excludes halogenated alkanes) is 1. The zero-order valence-corrected chi connectivity index (χ0v) is 16.6. The number of allylic oxidation sites excluding steroid dienone is 3. The fraction of sp³-hybridized carbons (Fsp3) is 0.500. The molecule has 0 N–H and O–H groups in total. The maximum Gasteiger partial charge on any atom is 0.191 e. The molecule has 0 aliphatic carbocycles. The number of ether oxygens (including phenoxy) is 1. The maximum absolute atomic E-state index is 6.17. The third-order valence-corrected chi connectivity index (χ3v) is 8.97. The van der Waals surface area contributed by atoms with Crippen molar-refractivity contribution in [2.75, 3.05) is 13.7 Å². The van der Waals surface area contributed by atoms with E-state index in [-0.39, 0.29) is 0 Å². The van der Waals surface area contributed by atoms with Gasteiger partial charge in [0.25, 0.3) is 0 Å². The molecule has 128 valence electrons. The molecule has 1 aromatic carbocycles. The van der Waals surface area contributed by atoms with Crippen molar-refractivity contribution < 1.29 is 9.16 Å². The lowest BCUT2D eigenvalue weighted by molar-refractivity contribution is 0.283. The van der Waals surface area contributed by atoms with Crippen LogP contribution in [-0.4, -0.2) is 22.0 Å². The summed E-state index contributed by atoms with van der Waals surface area (Å²) in [5, 5.41) is 0.296. The monoisotopic (exact) mass is 332 g/mol. The van der Waals surface area contributed by atoms with Gasteiger partial charge < -0.3 is 9.16 Å². The highest BCUT2D eigenvalue weighted by molar-refractivity contribution is 6.74. The summed E-state index contributed by atoms with van der Waals surface area (Å²) in [6.45, 7) is 12.3. The Balaban J connectivity index is 2.25. The van der Waals surface area contributed by atoms with Crippen LogP contribution in [0.3, 0.4) is 0 Å². The molecule has 0 heterocycles. The minimum absolute atomic E-state index is 0.296. The summed E-state index contributed by atoms with van der Waals surface area (Å²) in [6, 6.07) is 8.05. The molecule has 23 heavy (non-hydrogen) atoms. The van der Waals surface area contributed by atoms with E-state index >= 15 is 0 Å². The molecule has 0 aliphatic heterocycles.